The van der Waals surface area contributed by atoms with Crippen LogP contribution in [0, 0.1) is 17.2 Å². The third-order valence-electron chi connectivity index (χ3n) is 3.65. The van der Waals surface area contributed by atoms with Crippen LogP contribution in [-0.4, -0.2) is 14.5 Å². The van der Waals surface area contributed by atoms with E-state index in [9.17, 15) is 13.7 Å². The fourth-order valence-electron chi connectivity index (χ4n) is 2.56. The first-order valence-corrected chi connectivity index (χ1v) is 8.56. The highest BCUT2D eigenvalue weighted by molar-refractivity contribution is 7.89. The molecule has 108 valence electrons. The molecule has 0 aromatic heterocycles. The van der Waals surface area contributed by atoms with Crippen molar-refractivity contribution in [2.75, 3.05) is 0 Å². The summed E-state index contributed by atoms with van der Waals surface area (Å²) in [4.78, 5) is 0.0982. The minimum absolute atomic E-state index is 0.0982. The first kappa shape index (κ1) is 15.3. The minimum atomic E-state index is -3.70. The summed E-state index contributed by atoms with van der Waals surface area (Å²) in [5, 5.41) is 9.60. The minimum Gasteiger partial charge on any atom is -0.207 e. The molecular formula is C14H17ClN2O2S. The number of nitriles is 1. The molecule has 1 N–H and O–H groups in total. The molecule has 1 atom stereocenters. The van der Waals surface area contributed by atoms with Crippen LogP contribution in [0.25, 0.3) is 0 Å². The average Bonchev–Trinajstić information content (AvgIpc) is 2.46. The van der Waals surface area contributed by atoms with E-state index >= 15 is 0 Å². The van der Waals surface area contributed by atoms with Gasteiger partial charge < -0.3 is 0 Å². The summed E-state index contributed by atoms with van der Waals surface area (Å²) in [7, 11) is -3.70. The van der Waals surface area contributed by atoms with Gasteiger partial charge in [0, 0.05) is 5.02 Å². The van der Waals surface area contributed by atoms with Crippen molar-refractivity contribution in [2.24, 2.45) is 5.92 Å². The molecule has 0 heterocycles. The summed E-state index contributed by atoms with van der Waals surface area (Å²) in [5.41, 5.74) is 0. The number of sulfonamides is 1. The van der Waals surface area contributed by atoms with Crippen LogP contribution in [0.2, 0.25) is 5.02 Å². The van der Waals surface area contributed by atoms with Gasteiger partial charge in [0.2, 0.25) is 10.0 Å². The van der Waals surface area contributed by atoms with Gasteiger partial charge in [-0.05, 0) is 37.0 Å². The van der Waals surface area contributed by atoms with Crippen LogP contribution >= 0.6 is 11.6 Å². The van der Waals surface area contributed by atoms with Crippen molar-refractivity contribution in [1.29, 1.82) is 5.26 Å². The highest BCUT2D eigenvalue weighted by Gasteiger charge is 2.28. The molecule has 2 rings (SSSR count). The highest BCUT2D eigenvalue weighted by atomic mass is 35.5. The van der Waals surface area contributed by atoms with Crippen LogP contribution in [0.3, 0.4) is 0 Å². The van der Waals surface area contributed by atoms with Gasteiger partial charge in [-0.2, -0.15) is 9.98 Å². The average molecular weight is 313 g/mol. The molecular weight excluding hydrogens is 296 g/mol. The summed E-state index contributed by atoms with van der Waals surface area (Å²) in [6.45, 7) is 0. The zero-order chi connectivity index (χ0) is 14.6. The van der Waals surface area contributed by atoms with Crippen molar-refractivity contribution in [3.05, 3.63) is 29.3 Å². The summed E-state index contributed by atoms with van der Waals surface area (Å²) in [6, 6.07) is 7.48. The number of benzene rings is 1. The van der Waals surface area contributed by atoms with E-state index in [4.69, 9.17) is 11.6 Å². The lowest BCUT2D eigenvalue weighted by molar-refractivity contribution is 0.324. The number of rotatable bonds is 4. The lowest BCUT2D eigenvalue weighted by atomic mass is 9.85. The molecule has 1 fully saturated rings. The Morgan fingerprint density at radius 1 is 1.30 bits per heavy atom. The van der Waals surface area contributed by atoms with Gasteiger partial charge in [0.1, 0.15) is 6.04 Å². The Morgan fingerprint density at radius 3 is 2.60 bits per heavy atom. The van der Waals surface area contributed by atoms with Gasteiger partial charge in [0.25, 0.3) is 0 Å². The zero-order valence-electron chi connectivity index (χ0n) is 11.0. The van der Waals surface area contributed by atoms with Gasteiger partial charge in [0.05, 0.1) is 11.0 Å². The van der Waals surface area contributed by atoms with Crippen LogP contribution in [0.5, 0.6) is 0 Å². The van der Waals surface area contributed by atoms with Gasteiger partial charge in [-0.15, -0.1) is 0 Å². The maximum atomic E-state index is 12.3. The number of nitrogens with zero attached hydrogens (tertiary/aromatic N) is 1. The summed E-state index contributed by atoms with van der Waals surface area (Å²) in [5.74, 6) is 0.0997. The molecule has 0 spiro atoms. The standard InChI is InChI=1S/C14H17ClN2O2S/c15-12-7-4-8-13(9-12)20(18,19)17-14(10-16)11-5-2-1-3-6-11/h4,7-9,11,14,17H,1-3,5-6H2. The highest BCUT2D eigenvalue weighted by Crippen LogP contribution is 2.27. The van der Waals surface area contributed by atoms with Crippen LogP contribution in [0.15, 0.2) is 29.2 Å². The maximum absolute atomic E-state index is 12.3. The molecule has 1 saturated carbocycles. The molecule has 0 bridgehead atoms. The monoisotopic (exact) mass is 312 g/mol. The lowest BCUT2D eigenvalue weighted by Crippen LogP contribution is -2.40. The Balaban J connectivity index is 2.16. The number of hydrogen-bond donors (Lipinski definition) is 1. The fourth-order valence-corrected chi connectivity index (χ4v) is 4.08. The van der Waals surface area contributed by atoms with Gasteiger partial charge in [0.15, 0.2) is 0 Å². The molecule has 1 aliphatic carbocycles. The molecule has 0 amide bonds. The molecule has 0 saturated heterocycles. The Hall–Kier alpha value is -1.09. The molecule has 0 aliphatic heterocycles. The molecule has 6 heteroatoms. The van der Waals surface area contributed by atoms with E-state index in [1.807, 2.05) is 0 Å². The van der Waals surface area contributed by atoms with Crippen LogP contribution in [0.1, 0.15) is 32.1 Å². The Bertz CT molecular complexity index is 604. The van der Waals surface area contributed by atoms with Crippen molar-refractivity contribution in [3.8, 4) is 6.07 Å². The van der Waals surface area contributed by atoms with Crippen molar-refractivity contribution in [1.82, 2.24) is 4.72 Å². The molecule has 1 unspecified atom stereocenters. The van der Waals surface area contributed by atoms with E-state index in [-0.39, 0.29) is 10.8 Å². The second-order valence-electron chi connectivity index (χ2n) is 5.08. The maximum Gasteiger partial charge on any atom is 0.241 e. The Labute approximate surface area is 124 Å². The summed E-state index contributed by atoms with van der Waals surface area (Å²) in [6.07, 6.45) is 5.08. The Morgan fingerprint density at radius 2 is 2.00 bits per heavy atom. The van der Waals surface area contributed by atoms with E-state index < -0.39 is 16.1 Å². The summed E-state index contributed by atoms with van der Waals surface area (Å²) < 4.78 is 27.1. The van der Waals surface area contributed by atoms with E-state index in [0.29, 0.717) is 5.02 Å². The molecule has 1 aliphatic rings. The first-order chi connectivity index (χ1) is 9.53. The third kappa shape index (κ3) is 3.72. The second kappa shape index (κ2) is 6.57. The predicted octanol–water partition coefficient (Wildman–Crippen LogP) is 3.09. The number of nitrogens with one attached hydrogen (secondary N) is 1. The Kier molecular flexibility index (Phi) is 5.03. The van der Waals surface area contributed by atoms with E-state index in [1.54, 1.807) is 12.1 Å². The van der Waals surface area contributed by atoms with Crippen LogP contribution in [-0.2, 0) is 10.0 Å². The summed E-state index contributed by atoms with van der Waals surface area (Å²) >= 11 is 5.81. The van der Waals surface area contributed by atoms with E-state index in [1.165, 1.54) is 12.1 Å². The normalized spacial score (nSPS) is 18.4. The lowest BCUT2D eigenvalue weighted by Gasteiger charge is -2.26. The molecule has 1 aromatic carbocycles. The first-order valence-electron chi connectivity index (χ1n) is 6.70. The van der Waals surface area contributed by atoms with Gasteiger partial charge >= 0.3 is 0 Å². The van der Waals surface area contributed by atoms with E-state index in [2.05, 4.69) is 10.8 Å². The molecule has 4 nitrogen and oxygen atoms in total. The predicted molar refractivity (Wildman–Crippen MR) is 77.7 cm³/mol. The van der Waals surface area contributed by atoms with Crippen molar-refractivity contribution >= 4 is 21.6 Å². The fraction of sp³-hybridized carbons (Fsp3) is 0.500. The second-order valence-corrected chi connectivity index (χ2v) is 7.23. The van der Waals surface area contributed by atoms with Crippen LogP contribution < -0.4 is 4.72 Å². The number of halogens is 1. The van der Waals surface area contributed by atoms with Gasteiger partial charge in [-0.1, -0.05) is 36.9 Å². The quantitative estimate of drug-likeness (QED) is 0.928. The van der Waals surface area contributed by atoms with Gasteiger partial charge in [-0.3, -0.25) is 0 Å². The SMILES string of the molecule is N#CC(NS(=O)(=O)c1cccc(Cl)c1)C1CCCCC1. The van der Waals surface area contributed by atoms with Crippen molar-refractivity contribution < 1.29 is 8.42 Å². The molecule has 0 radical (unpaired) electrons. The number of hydrogen-bond acceptors (Lipinski definition) is 3. The molecule has 20 heavy (non-hydrogen) atoms. The third-order valence-corrected chi connectivity index (χ3v) is 5.32. The largest absolute Gasteiger partial charge is 0.241 e. The van der Waals surface area contributed by atoms with Crippen LogP contribution in [0.4, 0.5) is 0 Å². The van der Waals surface area contributed by atoms with Crippen molar-refractivity contribution in [2.45, 2.75) is 43.0 Å². The molecule has 1 aromatic rings. The van der Waals surface area contributed by atoms with Crippen molar-refractivity contribution in [3.63, 3.8) is 0 Å². The zero-order valence-corrected chi connectivity index (χ0v) is 12.6. The van der Waals surface area contributed by atoms with E-state index in [0.717, 1.165) is 32.1 Å². The topological polar surface area (TPSA) is 70.0 Å². The smallest absolute Gasteiger partial charge is 0.207 e. The van der Waals surface area contributed by atoms with Gasteiger partial charge in [-0.25, -0.2) is 8.42 Å².